The number of benzene rings is 2. The molecule has 2 aromatic rings. The minimum atomic E-state index is -1.12. The van der Waals surface area contributed by atoms with Gasteiger partial charge in [0.05, 0.1) is 25.2 Å². The van der Waals surface area contributed by atoms with Crippen molar-refractivity contribution in [2.45, 2.75) is 20.0 Å². The van der Waals surface area contributed by atoms with Crippen molar-refractivity contribution in [2.75, 3.05) is 14.2 Å². The molecule has 0 unspecified atom stereocenters. The Hall–Kier alpha value is -3.42. The quantitative estimate of drug-likeness (QED) is 0.317. The minimum Gasteiger partial charge on any atom is -0.493 e. The van der Waals surface area contributed by atoms with Crippen molar-refractivity contribution in [3.8, 4) is 11.5 Å². The molecule has 142 valence electrons. The standard InChI is InChI=1S/C19H19NO7/c1-11-5-7-13(8-6-11)18(21)12(2)27-19(22)14-9-16(25-3)17(26-4)10-15(14)20(23)24/h5-10,12H,1-4H3/t12-/m1/s1. The molecule has 2 aromatic carbocycles. The second-order valence-corrected chi connectivity index (χ2v) is 5.76. The van der Waals surface area contributed by atoms with Crippen molar-refractivity contribution in [1.29, 1.82) is 0 Å². The average Bonchev–Trinajstić information content (AvgIpc) is 2.66. The number of ether oxygens (including phenoxy) is 3. The predicted octanol–water partition coefficient (Wildman–Crippen LogP) is 3.35. The number of aryl methyl sites for hydroxylation is 1. The van der Waals surface area contributed by atoms with Crippen molar-refractivity contribution >= 4 is 17.4 Å². The van der Waals surface area contributed by atoms with Gasteiger partial charge in [-0.1, -0.05) is 29.8 Å². The van der Waals surface area contributed by atoms with Crippen LogP contribution in [-0.4, -0.2) is 37.0 Å². The molecule has 0 fully saturated rings. The Morgan fingerprint density at radius 2 is 1.59 bits per heavy atom. The molecule has 8 heteroatoms. The molecule has 0 aliphatic rings. The maximum absolute atomic E-state index is 12.5. The third-order valence-electron chi connectivity index (χ3n) is 3.91. The largest absolute Gasteiger partial charge is 0.493 e. The number of methoxy groups -OCH3 is 2. The van der Waals surface area contributed by atoms with Gasteiger partial charge in [0.2, 0.25) is 5.78 Å². The minimum absolute atomic E-state index is 0.101. The molecule has 0 aliphatic heterocycles. The van der Waals surface area contributed by atoms with Gasteiger partial charge in [-0.2, -0.15) is 0 Å². The number of rotatable bonds is 7. The Morgan fingerprint density at radius 3 is 2.11 bits per heavy atom. The first kappa shape index (κ1) is 19.9. The molecular weight excluding hydrogens is 354 g/mol. The smallest absolute Gasteiger partial charge is 0.346 e. The van der Waals surface area contributed by atoms with Gasteiger partial charge in [-0.15, -0.1) is 0 Å². The van der Waals surface area contributed by atoms with Crippen molar-refractivity contribution in [2.24, 2.45) is 0 Å². The van der Waals surface area contributed by atoms with Crippen LogP contribution < -0.4 is 9.47 Å². The van der Waals surface area contributed by atoms with Gasteiger partial charge in [0.1, 0.15) is 5.56 Å². The maximum Gasteiger partial charge on any atom is 0.346 e. The molecule has 0 radical (unpaired) electrons. The van der Waals surface area contributed by atoms with Crippen molar-refractivity contribution in [3.05, 3.63) is 63.2 Å². The molecule has 0 amide bonds. The summed E-state index contributed by atoms with van der Waals surface area (Å²) in [4.78, 5) is 35.4. The summed E-state index contributed by atoms with van der Waals surface area (Å²) in [6.45, 7) is 3.29. The van der Waals surface area contributed by atoms with Crippen LogP contribution >= 0.6 is 0 Å². The van der Waals surface area contributed by atoms with E-state index in [0.717, 1.165) is 17.7 Å². The van der Waals surface area contributed by atoms with Crippen LogP contribution in [0.1, 0.15) is 33.2 Å². The Kier molecular flexibility index (Phi) is 6.12. The van der Waals surface area contributed by atoms with Crippen LogP contribution in [0.25, 0.3) is 0 Å². The highest BCUT2D eigenvalue weighted by atomic mass is 16.6. The molecule has 0 saturated carbocycles. The lowest BCUT2D eigenvalue weighted by Gasteiger charge is -2.14. The van der Waals surface area contributed by atoms with Crippen LogP contribution in [0.2, 0.25) is 0 Å². The molecule has 8 nitrogen and oxygen atoms in total. The van der Waals surface area contributed by atoms with E-state index in [0.29, 0.717) is 5.56 Å². The zero-order valence-corrected chi connectivity index (χ0v) is 15.3. The highest BCUT2D eigenvalue weighted by Crippen LogP contribution is 2.35. The Labute approximate surface area is 155 Å². The number of hydrogen-bond donors (Lipinski definition) is 0. The fourth-order valence-corrected chi connectivity index (χ4v) is 2.41. The van der Waals surface area contributed by atoms with Gasteiger partial charge in [-0.05, 0) is 13.8 Å². The van der Waals surface area contributed by atoms with Crippen LogP contribution in [0, 0.1) is 17.0 Å². The summed E-state index contributed by atoms with van der Waals surface area (Å²) in [5.74, 6) is -1.18. The van der Waals surface area contributed by atoms with Crippen LogP contribution in [0.15, 0.2) is 36.4 Å². The van der Waals surface area contributed by atoms with Gasteiger partial charge < -0.3 is 14.2 Å². The highest BCUT2D eigenvalue weighted by Gasteiger charge is 2.28. The third kappa shape index (κ3) is 4.41. The van der Waals surface area contributed by atoms with Gasteiger partial charge in [-0.25, -0.2) is 4.79 Å². The average molecular weight is 373 g/mol. The predicted molar refractivity (Wildman–Crippen MR) is 96.6 cm³/mol. The van der Waals surface area contributed by atoms with E-state index in [1.165, 1.54) is 21.1 Å². The summed E-state index contributed by atoms with van der Waals surface area (Å²) in [6, 6.07) is 9.01. The number of carbonyl (C=O) groups is 2. The van der Waals surface area contributed by atoms with Gasteiger partial charge in [0.25, 0.3) is 5.69 Å². The van der Waals surface area contributed by atoms with E-state index in [9.17, 15) is 19.7 Å². The molecule has 0 aromatic heterocycles. The summed E-state index contributed by atoms with van der Waals surface area (Å²) in [6.07, 6.45) is -1.12. The summed E-state index contributed by atoms with van der Waals surface area (Å²) in [5, 5.41) is 11.3. The van der Waals surface area contributed by atoms with Crippen molar-refractivity contribution in [1.82, 2.24) is 0 Å². The molecule has 0 heterocycles. The number of ketones is 1. The van der Waals surface area contributed by atoms with Crippen LogP contribution in [-0.2, 0) is 4.74 Å². The first-order valence-corrected chi connectivity index (χ1v) is 8.00. The molecule has 1 atom stereocenters. The van der Waals surface area contributed by atoms with Crippen LogP contribution in [0.5, 0.6) is 11.5 Å². The first-order chi connectivity index (χ1) is 12.8. The topological polar surface area (TPSA) is 105 Å². The molecule has 0 N–H and O–H groups in total. The molecule has 0 bridgehead atoms. The summed E-state index contributed by atoms with van der Waals surface area (Å²) in [5.41, 5.74) is 0.522. The van der Waals surface area contributed by atoms with Crippen LogP contribution in [0.3, 0.4) is 0 Å². The van der Waals surface area contributed by atoms with E-state index in [-0.39, 0.29) is 17.1 Å². The van der Waals surface area contributed by atoms with Gasteiger partial charge in [-0.3, -0.25) is 14.9 Å². The van der Waals surface area contributed by atoms with E-state index in [4.69, 9.17) is 14.2 Å². The molecule has 27 heavy (non-hydrogen) atoms. The summed E-state index contributed by atoms with van der Waals surface area (Å²) in [7, 11) is 2.66. The highest BCUT2D eigenvalue weighted by molar-refractivity contribution is 6.02. The number of nitro benzene ring substituents is 1. The number of hydrogen-bond acceptors (Lipinski definition) is 7. The molecule has 0 spiro atoms. The first-order valence-electron chi connectivity index (χ1n) is 8.00. The zero-order valence-electron chi connectivity index (χ0n) is 15.3. The lowest BCUT2D eigenvalue weighted by Crippen LogP contribution is -2.25. The normalized spacial score (nSPS) is 11.4. The second kappa shape index (κ2) is 8.31. The molecule has 0 aliphatic carbocycles. The summed E-state index contributed by atoms with van der Waals surface area (Å²) < 4.78 is 15.2. The van der Waals surface area contributed by atoms with Crippen molar-refractivity contribution < 1.29 is 28.7 Å². The van der Waals surface area contributed by atoms with E-state index < -0.39 is 28.5 Å². The van der Waals surface area contributed by atoms with E-state index in [1.54, 1.807) is 24.3 Å². The lowest BCUT2D eigenvalue weighted by atomic mass is 10.1. The number of carbonyl (C=O) groups excluding carboxylic acids is 2. The summed E-state index contributed by atoms with van der Waals surface area (Å²) >= 11 is 0. The number of nitro groups is 1. The Balaban J connectivity index is 2.29. The number of Topliss-reactive ketones (excluding diaryl/α,β-unsaturated/α-hetero) is 1. The number of nitrogens with zero attached hydrogens (tertiary/aromatic N) is 1. The molecule has 2 rings (SSSR count). The monoisotopic (exact) mass is 373 g/mol. The molecular formula is C19H19NO7. The fraction of sp³-hybridized carbons (Fsp3) is 0.263. The lowest BCUT2D eigenvalue weighted by molar-refractivity contribution is -0.385. The molecule has 0 saturated heterocycles. The van der Waals surface area contributed by atoms with Crippen LogP contribution in [0.4, 0.5) is 5.69 Å². The van der Waals surface area contributed by atoms with Crippen molar-refractivity contribution in [3.63, 3.8) is 0 Å². The third-order valence-corrected chi connectivity index (χ3v) is 3.91. The Morgan fingerprint density at radius 1 is 1.04 bits per heavy atom. The maximum atomic E-state index is 12.5. The van der Waals surface area contributed by atoms with E-state index in [1.807, 2.05) is 6.92 Å². The Bertz CT molecular complexity index is 874. The van der Waals surface area contributed by atoms with Gasteiger partial charge in [0.15, 0.2) is 17.6 Å². The van der Waals surface area contributed by atoms with E-state index in [2.05, 4.69) is 0 Å². The van der Waals surface area contributed by atoms with Gasteiger partial charge >= 0.3 is 5.97 Å². The fourth-order valence-electron chi connectivity index (χ4n) is 2.41. The SMILES string of the molecule is COc1cc(C(=O)O[C@H](C)C(=O)c2ccc(C)cc2)c([N+](=O)[O-])cc1OC. The van der Waals surface area contributed by atoms with E-state index >= 15 is 0 Å². The van der Waals surface area contributed by atoms with Gasteiger partial charge in [0, 0.05) is 11.6 Å². The zero-order chi connectivity index (χ0) is 20.1. The second-order valence-electron chi connectivity index (χ2n) is 5.76. The number of esters is 1.